The maximum absolute atomic E-state index is 12.1. The molecule has 3 rings (SSSR count). The van der Waals surface area contributed by atoms with Gasteiger partial charge in [0.25, 0.3) is 5.69 Å². The molecule has 0 aliphatic rings. The van der Waals surface area contributed by atoms with E-state index < -0.39 is 10.9 Å². The summed E-state index contributed by atoms with van der Waals surface area (Å²) >= 11 is 0. The number of oxazole rings is 1. The number of nitro groups is 1. The molecule has 3 aromatic rings. The maximum atomic E-state index is 12.1. The van der Waals surface area contributed by atoms with Crippen molar-refractivity contribution in [3.63, 3.8) is 0 Å². The Bertz CT molecular complexity index is 823. The molecule has 0 N–H and O–H groups in total. The number of carbonyl (C=O) groups is 1. The highest BCUT2D eigenvalue weighted by molar-refractivity contribution is 6.01. The van der Waals surface area contributed by atoms with E-state index in [1.54, 1.807) is 18.2 Å². The fourth-order valence-corrected chi connectivity index (χ4v) is 1.84. The van der Waals surface area contributed by atoms with Gasteiger partial charge in [0.15, 0.2) is 12.0 Å². The summed E-state index contributed by atoms with van der Waals surface area (Å²) in [7, 11) is 0. The molecule has 0 amide bonds. The number of aromatic nitrogens is 1. The van der Waals surface area contributed by atoms with Gasteiger partial charge in [-0.2, -0.15) is 0 Å². The van der Waals surface area contributed by atoms with E-state index in [1.165, 1.54) is 30.7 Å². The molecule has 0 spiro atoms. The Hall–Kier alpha value is -3.22. The van der Waals surface area contributed by atoms with Gasteiger partial charge in [-0.25, -0.2) is 9.78 Å². The molecule has 0 saturated carbocycles. The number of nitrogens with zero attached hydrogens (tertiary/aromatic N) is 2. The fraction of sp³-hybridized carbons (Fsp3) is 0. The first-order valence-corrected chi connectivity index (χ1v) is 5.94. The molecular formula is C14H8N2O5. The number of benzene rings is 2. The topological polar surface area (TPSA) is 95.5 Å². The first-order chi connectivity index (χ1) is 10.1. The van der Waals surface area contributed by atoms with Crippen LogP contribution in [0, 0.1) is 10.1 Å². The molecular weight excluding hydrogens is 276 g/mol. The van der Waals surface area contributed by atoms with Gasteiger partial charge in [0.1, 0.15) is 16.8 Å². The molecule has 0 atom stereocenters. The summed E-state index contributed by atoms with van der Waals surface area (Å²) in [6.07, 6.45) is 1.24. The van der Waals surface area contributed by atoms with Crippen molar-refractivity contribution in [2.75, 3.05) is 0 Å². The number of para-hydroxylation sites is 1. The van der Waals surface area contributed by atoms with E-state index in [0.717, 1.165) is 0 Å². The summed E-state index contributed by atoms with van der Waals surface area (Å²) in [6, 6.07) is 10.2. The lowest BCUT2D eigenvalue weighted by Crippen LogP contribution is -2.08. The number of esters is 1. The number of carbonyl (C=O) groups excluding carboxylic acids is 1. The van der Waals surface area contributed by atoms with Crippen molar-refractivity contribution in [2.24, 2.45) is 0 Å². The molecule has 1 aromatic heterocycles. The van der Waals surface area contributed by atoms with Gasteiger partial charge in [-0.15, -0.1) is 0 Å². The van der Waals surface area contributed by atoms with Gasteiger partial charge in [0, 0.05) is 12.1 Å². The molecule has 0 aliphatic carbocycles. The molecule has 0 radical (unpaired) electrons. The molecule has 104 valence electrons. The van der Waals surface area contributed by atoms with E-state index in [9.17, 15) is 14.9 Å². The van der Waals surface area contributed by atoms with Crippen LogP contribution in [0.2, 0.25) is 0 Å². The van der Waals surface area contributed by atoms with E-state index in [4.69, 9.17) is 9.15 Å². The third-order valence-corrected chi connectivity index (χ3v) is 2.83. The highest BCUT2D eigenvalue weighted by Crippen LogP contribution is 2.21. The molecule has 7 heteroatoms. The number of hydrogen-bond donors (Lipinski definition) is 0. The average Bonchev–Trinajstić information content (AvgIpc) is 2.96. The standard InChI is InChI=1S/C14H8N2O5/c17-14(11-2-1-3-12-13(11)20-8-15-12)21-10-6-4-9(5-7-10)16(18)19/h1-8H. The van der Waals surface area contributed by atoms with Crippen molar-refractivity contribution in [3.05, 3.63) is 64.5 Å². The zero-order valence-electron chi connectivity index (χ0n) is 10.6. The van der Waals surface area contributed by atoms with Crippen molar-refractivity contribution in [1.29, 1.82) is 0 Å². The van der Waals surface area contributed by atoms with E-state index >= 15 is 0 Å². The van der Waals surface area contributed by atoms with Crippen molar-refractivity contribution in [2.45, 2.75) is 0 Å². The second kappa shape index (κ2) is 5.04. The van der Waals surface area contributed by atoms with E-state index in [1.807, 2.05) is 0 Å². The van der Waals surface area contributed by atoms with E-state index in [0.29, 0.717) is 11.1 Å². The van der Waals surface area contributed by atoms with Crippen molar-refractivity contribution >= 4 is 22.8 Å². The van der Waals surface area contributed by atoms with Crippen LogP contribution in [0.5, 0.6) is 5.75 Å². The lowest BCUT2D eigenvalue weighted by Gasteiger charge is -2.04. The molecule has 0 fully saturated rings. The Balaban J connectivity index is 1.86. The fourth-order valence-electron chi connectivity index (χ4n) is 1.84. The van der Waals surface area contributed by atoms with Crippen LogP contribution in [0.15, 0.2) is 53.3 Å². The van der Waals surface area contributed by atoms with Crippen molar-refractivity contribution < 1.29 is 18.9 Å². The summed E-state index contributed by atoms with van der Waals surface area (Å²) in [6.45, 7) is 0. The molecule has 21 heavy (non-hydrogen) atoms. The number of non-ortho nitro benzene ring substituents is 1. The summed E-state index contributed by atoms with van der Waals surface area (Å²) in [5.41, 5.74) is 1.05. The van der Waals surface area contributed by atoms with Gasteiger partial charge in [-0.3, -0.25) is 10.1 Å². The molecule has 0 unspecified atom stereocenters. The minimum absolute atomic E-state index is 0.0767. The third kappa shape index (κ3) is 2.44. The summed E-state index contributed by atoms with van der Waals surface area (Å²) in [5.74, 6) is -0.409. The van der Waals surface area contributed by atoms with Crippen LogP contribution in [0.1, 0.15) is 10.4 Å². The Morgan fingerprint density at radius 3 is 2.67 bits per heavy atom. The summed E-state index contributed by atoms with van der Waals surface area (Å²) < 4.78 is 10.3. The Labute approximate surface area is 117 Å². The minimum Gasteiger partial charge on any atom is -0.443 e. The molecule has 0 aliphatic heterocycles. The SMILES string of the molecule is O=C(Oc1ccc([N+](=O)[O-])cc1)c1cccc2ncoc12. The van der Waals surface area contributed by atoms with Crippen molar-refractivity contribution in [3.8, 4) is 5.75 Å². The van der Waals surface area contributed by atoms with Crippen LogP contribution in [-0.4, -0.2) is 15.9 Å². The van der Waals surface area contributed by atoms with Crippen LogP contribution in [0.25, 0.3) is 11.1 Å². The second-order valence-corrected chi connectivity index (χ2v) is 4.15. The normalized spacial score (nSPS) is 10.5. The Morgan fingerprint density at radius 2 is 1.95 bits per heavy atom. The van der Waals surface area contributed by atoms with Crippen molar-refractivity contribution in [1.82, 2.24) is 4.98 Å². The van der Waals surface area contributed by atoms with Crippen LogP contribution in [-0.2, 0) is 0 Å². The van der Waals surface area contributed by atoms with Gasteiger partial charge >= 0.3 is 5.97 Å². The lowest BCUT2D eigenvalue weighted by molar-refractivity contribution is -0.384. The number of fused-ring (bicyclic) bond motifs is 1. The first kappa shape index (κ1) is 12.8. The number of ether oxygens (including phenoxy) is 1. The van der Waals surface area contributed by atoms with Gasteiger partial charge < -0.3 is 9.15 Å². The average molecular weight is 284 g/mol. The highest BCUT2D eigenvalue weighted by Gasteiger charge is 2.16. The van der Waals surface area contributed by atoms with E-state index in [-0.39, 0.29) is 17.0 Å². The molecule has 0 saturated heterocycles. The predicted octanol–water partition coefficient (Wildman–Crippen LogP) is 2.96. The lowest BCUT2D eigenvalue weighted by atomic mass is 10.2. The van der Waals surface area contributed by atoms with Crippen LogP contribution in [0.4, 0.5) is 5.69 Å². The predicted molar refractivity (Wildman–Crippen MR) is 72.1 cm³/mol. The second-order valence-electron chi connectivity index (χ2n) is 4.15. The summed E-state index contributed by atoms with van der Waals surface area (Å²) in [4.78, 5) is 26.1. The van der Waals surface area contributed by atoms with Crippen LogP contribution in [0.3, 0.4) is 0 Å². The highest BCUT2D eigenvalue weighted by atomic mass is 16.6. The van der Waals surface area contributed by atoms with Crippen LogP contribution >= 0.6 is 0 Å². The van der Waals surface area contributed by atoms with E-state index in [2.05, 4.69) is 4.98 Å². The molecule has 2 aromatic carbocycles. The maximum Gasteiger partial charge on any atom is 0.347 e. The smallest absolute Gasteiger partial charge is 0.347 e. The van der Waals surface area contributed by atoms with Gasteiger partial charge in [0.2, 0.25) is 0 Å². The third-order valence-electron chi connectivity index (χ3n) is 2.83. The van der Waals surface area contributed by atoms with Gasteiger partial charge in [-0.1, -0.05) is 6.07 Å². The first-order valence-electron chi connectivity index (χ1n) is 5.94. The minimum atomic E-state index is -0.619. The largest absolute Gasteiger partial charge is 0.443 e. The number of nitro benzene ring substituents is 1. The quantitative estimate of drug-likeness (QED) is 0.317. The Morgan fingerprint density at radius 1 is 1.19 bits per heavy atom. The summed E-state index contributed by atoms with van der Waals surface area (Å²) in [5, 5.41) is 10.6. The zero-order valence-corrected chi connectivity index (χ0v) is 10.6. The number of rotatable bonds is 3. The van der Waals surface area contributed by atoms with Gasteiger partial charge in [0.05, 0.1) is 4.92 Å². The zero-order chi connectivity index (χ0) is 14.8. The molecule has 0 bridgehead atoms. The van der Waals surface area contributed by atoms with Crippen LogP contribution < -0.4 is 4.74 Å². The molecule has 1 heterocycles. The molecule has 7 nitrogen and oxygen atoms in total. The van der Waals surface area contributed by atoms with Gasteiger partial charge in [-0.05, 0) is 24.3 Å². The number of hydrogen-bond acceptors (Lipinski definition) is 6. The monoisotopic (exact) mass is 284 g/mol. The Kier molecular flexibility index (Phi) is 3.07.